The van der Waals surface area contributed by atoms with Crippen LogP contribution in [0.5, 0.6) is 0 Å². The molecule has 0 radical (unpaired) electrons. The van der Waals surface area contributed by atoms with Crippen LogP contribution in [-0.4, -0.2) is 68.7 Å². The second kappa shape index (κ2) is 14.2. The summed E-state index contributed by atoms with van der Waals surface area (Å²) in [4.78, 5) is 37.5. The van der Waals surface area contributed by atoms with Crippen LogP contribution in [0.15, 0.2) is 12.7 Å². The monoisotopic (exact) mass is 567 g/mol. The summed E-state index contributed by atoms with van der Waals surface area (Å²) in [6, 6.07) is -0.848. The molecule has 0 aromatic carbocycles. The highest BCUT2D eigenvalue weighted by molar-refractivity contribution is 7.59. The Kier molecular flexibility index (Phi) is 11.2. The van der Waals surface area contributed by atoms with Crippen molar-refractivity contribution in [2.75, 3.05) is 18.6 Å². The molecule has 0 amide bonds. The Morgan fingerprint density at radius 3 is 2.51 bits per heavy atom. The number of nitrogens with one attached hydrogen (secondary N) is 2. The minimum Gasteiger partial charge on any atom is -0.463 e. The van der Waals surface area contributed by atoms with E-state index in [9.17, 15) is 14.2 Å². The Morgan fingerprint density at radius 1 is 1.10 bits per heavy atom. The lowest BCUT2D eigenvalue weighted by Crippen LogP contribution is -2.41. The number of carbonyl (C=O) groups is 2. The molecule has 0 bridgehead atoms. The Morgan fingerprint density at radius 2 is 1.82 bits per heavy atom. The highest BCUT2D eigenvalue weighted by atomic mass is 31.2. The number of aromatic nitrogens is 4. The topological polar surface area (TPSA) is 173 Å². The molecule has 2 aromatic rings. The number of rotatable bonds is 14. The summed E-state index contributed by atoms with van der Waals surface area (Å²) in [6.07, 6.45) is 6.82. The highest BCUT2D eigenvalue weighted by Crippen LogP contribution is 2.38. The van der Waals surface area contributed by atoms with Gasteiger partial charge in [0, 0.05) is 6.54 Å². The van der Waals surface area contributed by atoms with Crippen molar-refractivity contribution in [3.63, 3.8) is 0 Å². The Balaban J connectivity index is 1.64. The third kappa shape index (κ3) is 9.23. The van der Waals surface area contributed by atoms with Crippen molar-refractivity contribution >= 4 is 36.4 Å². The Labute approximate surface area is 229 Å². The van der Waals surface area contributed by atoms with E-state index in [-0.39, 0.29) is 30.9 Å². The van der Waals surface area contributed by atoms with E-state index in [0.717, 1.165) is 32.1 Å². The van der Waals surface area contributed by atoms with Gasteiger partial charge in [0.15, 0.2) is 11.5 Å². The maximum Gasteiger partial charge on any atom is 0.323 e. The predicted molar refractivity (Wildman–Crippen MR) is 147 cm³/mol. The number of hydrogen-bond donors (Lipinski definition) is 3. The van der Waals surface area contributed by atoms with Crippen molar-refractivity contribution in [3.05, 3.63) is 12.7 Å². The second-order valence-corrected chi connectivity index (χ2v) is 12.8. The maximum atomic E-state index is 14.0. The molecule has 0 spiro atoms. The van der Waals surface area contributed by atoms with Crippen LogP contribution in [0, 0.1) is 5.92 Å². The zero-order chi connectivity index (χ0) is 28.6. The average Bonchev–Trinajstić information content (AvgIpc) is 3.30. The van der Waals surface area contributed by atoms with Crippen molar-refractivity contribution in [1.82, 2.24) is 29.7 Å². The number of nitrogen functional groups attached to an aromatic ring is 1. The highest BCUT2D eigenvalue weighted by Gasteiger charge is 2.31. The van der Waals surface area contributed by atoms with E-state index in [2.05, 4.69) is 25.1 Å². The minimum absolute atomic E-state index is 0.0698. The summed E-state index contributed by atoms with van der Waals surface area (Å²) in [5.41, 5.74) is 6.92. The van der Waals surface area contributed by atoms with Gasteiger partial charge in [0.1, 0.15) is 30.3 Å². The largest absolute Gasteiger partial charge is 0.463 e. The lowest BCUT2D eigenvalue weighted by Gasteiger charge is -2.28. The van der Waals surface area contributed by atoms with Gasteiger partial charge in [-0.05, 0) is 53.4 Å². The van der Waals surface area contributed by atoms with Gasteiger partial charge >= 0.3 is 11.9 Å². The lowest BCUT2D eigenvalue weighted by atomic mass is 9.98. The van der Waals surface area contributed by atoms with Gasteiger partial charge in [-0.25, -0.2) is 20.0 Å². The van der Waals surface area contributed by atoms with E-state index in [0.29, 0.717) is 17.7 Å². The molecule has 13 nitrogen and oxygen atoms in total. The molecule has 2 aromatic heterocycles. The average molecular weight is 568 g/mol. The molecule has 2 heterocycles. The van der Waals surface area contributed by atoms with Crippen LogP contribution in [0.4, 0.5) is 5.82 Å². The molecule has 218 valence electrons. The molecular formula is C25H42N7O6P. The van der Waals surface area contributed by atoms with Crippen LogP contribution in [0.2, 0.25) is 0 Å². The summed E-state index contributed by atoms with van der Waals surface area (Å²) in [7, 11) is -3.51. The van der Waals surface area contributed by atoms with Gasteiger partial charge in [0.2, 0.25) is 7.44 Å². The second-order valence-electron chi connectivity index (χ2n) is 10.5. The summed E-state index contributed by atoms with van der Waals surface area (Å²) >= 11 is 0. The van der Waals surface area contributed by atoms with Gasteiger partial charge < -0.3 is 24.5 Å². The summed E-state index contributed by atoms with van der Waals surface area (Å²) in [5, 5.41) is 5.85. The van der Waals surface area contributed by atoms with Crippen LogP contribution in [0.3, 0.4) is 0 Å². The number of fused-ring (bicyclic) bond motifs is 1. The fourth-order valence-electron chi connectivity index (χ4n) is 4.25. The first-order valence-electron chi connectivity index (χ1n) is 13.5. The summed E-state index contributed by atoms with van der Waals surface area (Å²) in [6.45, 7) is 9.09. The SMILES string of the molecule is CC(C)OC(=O)[C@@H](C)CN[P@@](=O)(CO[C@H](C)Cn1cnc2c(N)ncnc21)N[C@@H](C)C(=O)OC1CCCCC1. The van der Waals surface area contributed by atoms with Gasteiger partial charge in [0.05, 0.1) is 31.0 Å². The van der Waals surface area contributed by atoms with Crippen molar-refractivity contribution in [2.24, 2.45) is 5.92 Å². The zero-order valence-electron chi connectivity index (χ0n) is 23.5. The molecule has 4 N–H and O–H groups in total. The van der Waals surface area contributed by atoms with Crippen molar-refractivity contribution < 1.29 is 28.4 Å². The first kappa shape index (κ1) is 30.9. The number of nitrogens with two attached hydrogens (primary N) is 1. The van der Waals surface area contributed by atoms with Crippen molar-refractivity contribution in [2.45, 2.75) is 97.6 Å². The molecule has 0 unspecified atom stereocenters. The molecule has 4 atom stereocenters. The number of hydrogen-bond acceptors (Lipinski definition) is 10. The molecule has 14 heteroatoms. The standard InChI is InChI=1S/C25H42N7O6P/c1-16(2)37-24(33)17(3)11-30-39(35,31-19(5)25(34)38-20-9-7-6-8-10-20)15-36-18(4)12-32-14-29-21-22(26)27-13-28-23(21)32/h13-14,16-20H,6-12,15H2,1-5H3,(H2,26,27,28)(H2,30,31,35)/t17-,18+,19-,39-/m0/s1. The van der Waals surface area contributed by atoms with Gasteiger partial charge in [-0.2, -0.15) is 0 Å². The third-order valence-corrected chi connectivity index (χ3v) is 8.43. The smallest absolute Gasteiger partial charge is 0.323 e. The molecule has 1 aliphatic rings. The third-order valence-electron chi connectivity index (χ3n) is 6.42. The van der Waals surface area contributed by atoms with Crippen LogP contribution < -0.4 is 15.9 Å². The van der Waals surface area contributed by atoms with Crippen molar-refractivity contribution in [3.8, 4) is 0 Å². The number of imidazole rings is 1. The number of nitrogens with zero attached hydrogens (tertiary/aromatic N) is 4. The maximum absolute atomic E-state index is 14.0. The van der Waals surface area contributed by atoms with Crippen molar-refractivity contribution in [1.29, 1.82) is 0 Å². The van der Waals surface area contributed by atoms with Gasteiger partial charge in [0.25, 0.3) is 0 Å². The minimum atomic E-state index is -3.51. The molecule has 1 saturated carbocycles. The molecule has 0 saturated heterocycles. The number of anilines is 1. The summed E-state index contributed by atoms with van der Waals surface area (Å²) in [5.74, 6) is -1.15. The van der Waals surface area contributed by atoms with Gasteiger partial charge in [-0.1, -0.05) is 13.3 Å². The Hall–Kier alpha value is -2.60. The molecule has 1 aliphatic carbocycles. The number of carbonyl (C=O) groups excluding carboxylic acids is 2. The molecule has 0 aliphatic heterocycles. The normalized spacial score (nSPS) is 18.4. The molecule has 1 fully saturated rings. The first-order chi connectivity index (χ1) is 18.5. The van der Waals surface area contributed by atoms with E-state index >= 15 is 0 Å². The fourth-order valence-corrected chi connectivity index (χ4v) is 6.28. The lowest BCUT2D eigenvalue weighted by molar-refractivity contribution is -0.152. The van der Waals surface area contributed by atoms with Crippen LogP contribution >= 0.6 is 7.44 Å². The van der Waals surface area contributed by atoms with E-state index < -0.39 is 37.4 Å². The number of ether oxygens (including phenoxy) is 3. The van der Waals surface area contributed by atoms with Gasteiger partial charge in [-0.15, -0.1) is 0 Å². The quantitative estimate of drug-likeness (QED) is 0.225. The molecule has 39 heavy (non-hydrogen) atoms. The zero-order valence-corrected chi connectivity index (χ0v) is 24.4. The van der Waals surface area contributed by atoms with E-state index in [4.69, 9.17) is 19.9 Å². The van der Waals surface area contributed by atoms with E-state index in [1.165, 1.54) is 6.33 Å². The van der Waals surface area contributed by atoms with E-state index in [1.807, 2.05) is 6.92 Å². The first-order valence-corrected chi connectivity index (χ1v) is 15.4. The van der Waals surface area contributed by atoms with E-state index in [1.54, 1.807) is 38.6 Å². The summed E-state index contributed by atoms with van der Waals surface area (Å²) < 4.78 is 32.6. The van der Waals surface area contributed by atoms with Crippen LogP contribution in [0.1, 0.15) is 66.7 Å². The molecule has 3 rings (SSSR count). The molecular weight excluding hydrogens is 525 g/mol. The predicted octanol–water partition coefficient (Wildman–Crippen LogP) is 3.00. The van der Waals surface area contributed by atoms with Crippen LogP contribution in [0.25, 0.3) is 11.2 Å². The van der Waals surface area contributed by atoms with Gasteiger partial charge in [-0.3, -0.25) is 19.2 Å². The number of esters is 2. The van der Waals surface area contributed by atoms with Crippen LogP contribution in [-0.2, 0) is 34.9 Å². The Bertz CT molecular complexity index is 1150. The fraction of sp³-hybridized carbons (Fsp3) is 0.720.